The van der Waals surface area contributed by atoms with Crippen LogP contribution in [-0.4, -0.2) is 76.0 Å². The monoisotopic (exact) mass is 462 g/mol. The van der Waals surface area contributed by atoms with Crippen molar-refractivity contribution in [3.05, 3.63) is 61.8 Å². The van der Waals surface area contributed by atoms with Gasteiger partial charge in [-0.25, -0.2) is 4.39 Å². The Kier molecular flexibility index (Phi) is 5.96. The first-order valence-electron chi connectivity index (χ1n) is 10.3. The second-order valence-corrected chi connectivity index (χ2v) is 8.64. The molecule has 4 rings (SSSR count). The molecule has 0 unspecified atom stereocenters. The average molecular weight is 463 g/mol. The third kappa shape index (κ3) is 3.86. The molecule has 0 bridgehead atoms. The molecule has 1 fully saturated rings. The van der Waals surface area contributed by atoms with E-state index in [0.29, 0.717) is 43.7 Å². The number of aromatic nitrogens is 1. The lowest BCUT2D eigenvalue weighted by atomic mass is 9.95. The smallest absolute Gasteiger partial charge is 0.293 e. The Balaban J connectivity index is 1.70. The maximum atomic E-state index is 13.5. The standard InChI is InChI=1S/C22H24ClFN4O4/c1-25-7-9-27(10-8-25)21(31)18-14-5-6-28(12-13-3-4-16(24)15(23)11-13)20(30)17(14)19(29)22(32)26(18)2/h3-4,11,29H,5-10,12H2,1-2H3. The molecular weight excluding hydrogens is 439 g/mol. The maximum absolute atomic E-state index is 13.5. The Hall–Kier alpha value is -2.91. The normalized spacial score (nSPS) is 16.9. The molecule has 2 aromatic rings. The summed E-state index contributed by atoms with van der Waals surface area (Å²) in [5, 5.41) is 10.5. The highest BCUT2D eigenvalue weighted by Crippen LogP contribution is 2.29. The van der Waals surface area contributed by atoms with Crippen molar-refractivity contribution in [2.24, 2.45) is 7.05 Å². The molecule has 1 N–H and O–H groups in total. The van der Waals surface area contributed by atoms with Gasteiger partial charge >= 0.3 is 0 Å². The highest BCUT2D eigenvalue weighted by atomic mass is 35.5. The molecule has 10 heteroatoms. The summed E-state index contributed by atoms with van der Waals surface area (Å²) >= 11 is 5.84. The van der Waals surface area contributed by atoms with Crippen LogP contribution in [0.1, 0.15) is 32.0 Å². The van der Waals surface area contributed by atoms with E-state index in [1.54, 1.807) is 4.90 Å². The number of nitrogens with zero attached hydrogens (tertiary/aromatic N) is 4. The lowest BCUT2D eigenvalue weighted by Crippen LogP contribution is -2.49. The Labute approximate surface area is 189 Å². The summed E-state index contributed by atoms with van der Waals surface area (Å²) in [5.74, 6) is -2.09. The molecule has 0 saturated carbocycles. The van der Waals surface area contributed by atoms with Crippen molar-refractivity contribution in [2.75, 3.05) is 39.8 Å². The first-order valence-corrected chi connectivity index (χ1v) is 10.7. The predicted molar refractivity (Wildman–Crippen MR) is 117 cm³/mol. The molecule has 32 heavy (non-hydrogen) atoms. The van der Waals surface area contributed by atoms with Crippen molar-refractivity contribution >= 4 is 23.4 Å². The molecule has 2 aliphatic heterocycles. The highest BCUT2D eigenvalue weighted by molar-refractivity contribution is 6.30. The molecule has 1 saturated heterocycles. The highest BCUT2D eigenvalue weighted by Gasteiger charge is 2.35. The molecule has 0 spiro atoms. The summed E-state index contributed by atoms with van der Waals surface area (Å²) < 4.78 is 14.6. The minimum Gasteiger partial charge on any atom is -0.502 e. The van der Waals surface area contributed by atoms with Gasteiger partial charge in [0, 0.05) is 51.9 Å². The topological polar surface area (TPSA) is 86.1 Å². The molecule has 3 heterocycles. The van der Waals surface area contributed by atoms with E-state index in [-0.39, 0.29) is 35.3 Å². The van der Waals surface area contributed by atoms with Gasteiger partial charge in [0.2, 0.25) is 0 Å². The third-order valence-electron chi connectivity index (χ3n) is 6.15. The number of aromatic hydroxyl groups is 1. The summed E-state index contributed by atoms with van der Waals surface area (Å²) in [7, 11) is 3.41. The van der Waals surface area contributed by atoms with Gasteiger partial charge in [-0.3, -0.25) is 14.4 Å². The van der Waals surface area contributed by atoms with Crippen LogP contribution >= 0.6 is 11.6 Å². The van der Waals surface area contributed by atoms with Crippen LogP contribution in [-0.2, 0) is 20.0 Å². The molecule has 0 atom stereocenters. The molecule has 2 amide bonds. The van der Waals surface area contributed by atoms with Crippen LogP contribution in [0.3, 0.4) is 0 Å². The Morgan fingerprint density at radius 3 is 2.47 bits per heavy atom. The molecule has 8 nitrogen and oxygen atoms in total. The summed E-state index contributed by atoms with van der Waals surface area (Å²) in [5.41, 5.74) is 0.216. The molecule has 170 valence electrons. The molecule has 1 aromatic carbocycles. The number of pyridine rings is 1. The second-order valence-electron chi connectivity index (χ2n) is 8.24. The van der Waals surface area contributed by atoms with E-state index in [0.717, 1.165) is 4.57 Å². The summed E-state index contributed by atoms with van der Waals surface area (Å²) in [6, 6.07) is 4.18. The van der Waals surface area contributed by atoms with E-state index < -0.39 is 23.0 Å². The third-order valence-corrected chi connectivity index (χ3v) is 6.44. The molecular formula is C22H24ClFN4O4. The number of benzene rings is 1. The fraction of sp³-hybridized carbons (Fsp3) is 0.409. The van der Waals surface area contributed by atoms with E-state index in [2.05, 4.69) is 4.90 Å². The van der Waals surface area contributed by atoms with Gasteiger partial charge in [0.1, 0.15) is 11.5 Å². The first-order chi connectivity index (χ1) is 15.2. The van der Waals surface area contributed by atoms with Crippen LogP contribution in [0, 0.1) is 5.82 Å². The summed E-state index contributed by atoms with van der Waals surface area (Å²) in [6.45, 7) is 2.88. The fourth-order valence-electron chi connectivity index (χ4n) is 4.25. The lowest BCUT2D eigenvalue weighted by Gasteiger charge is -2.35. The molecule has 2 aliphatic rings. The van der Waals surface area contributed by atoms with E-state index in [1.807, 2.05) is 7.05 Å². The van der Waals surface area contributed by atoms with E-state index in [4.69, 9.17) is 11.6 Å². The Morgan fingerprint density at radius 2 is 1.81 bits per heavy atom. The zero-order valence-electron chi connectivity index (χ0n) is 17.9. The van der Waals surface area contributed by atoms with Crippen molar-refractivity contribution < 1.29 is 19.1 Å². The number of amides is 2. The van der Waals surface area contributed by atoms with Gasteiger partial charge in [0.05, 0.1) is 10.6 Å². The number of fused-ring (bicyclic) bond motifs is 1. The van der Waals surface area contributed by atoms with Gasteiger partial charge in [0.25, 0.3) is 17.4 Å². The van der Waals surface area contributed by atoms with E-state index in [9.17, 15) is 23.9 Å². The quantitative estimate of drug-likeness (QED) is 0.746. The van der Waals surface area contributed by atoms with Crippen LogP contribution in [0.4, 0.5) is 4.39 Å². The van der Waals surface area contributed by atoms with Crippen molar-refractivity contribution in [3.8, 4) is 5.75 Å². The Morgan fingerprint density at radius 1 is 1.12 bits per heavy atom. The van der Waals surface area contributed by atoms with E-state index in [1.165, 1.54) is 30.1 Å². The largest absolute Gasteiger partial charge is 0.502 e. The first kappa shape index (κ1) is 22.3. The number of piperazine rings is 1. The van der Waals surface area contributed by atoms with Gasteiger partial charge < -0.3 is 24.4 Å². The van der Waals surface area contributed by atoms with Crippen molar-refractivity contribution in [3.63, 3.8) is 0 Å². The van der Waals surface area contributed by atoms with Crippen LogP contribution < -0.4 is 5.56 Å². The van der Waals surface area contributed by atoms with Crippen LogP contribution in [0.2, 0.25) is 5.02 Å². The average Bonchev–Trinajstić information content (AvgIpc) is 2.77. The number of rotatable bonds is 3. The lowest BCUT2D eigenvalue weighted by molar-refractivity contribution is 0.0648. The van der Waals surface area contributed by atoms with Crippen LogP contribution in [0.15, 0.2) is 23.0 Å². The number of halogens is 2. The maximum Gasteiger partial charge on any atom is 0.293 e. The van der Waals surface area contributed by atoms with Gasteiger partial charge in [-0.05, 0) is 31.2 Å². The van der Waals surface area contributed by atoms with Gasteiger partial charge in [-0.15, -0.1) is 0 Å². The zero-order valence-corrected chi connectivity index (χ0v) is 18.7. The van der Waals surface area contributed by atoms with Gasteiger partial charge in [0.15, 0.2) is 5.75 Å². The minimum absolute atomic E-state index is 0.0517. The van der Waals surface area contributed by atoms with Gasteiger partial charge in [-0.2, -0.15) is 0 Å². The molecule has 0 aliphatic carbocycles. The predicted octanol–water partition coefficient (Wildman–Crippen LogP) is 1.47. The minimum atomic E-state index is -0.791. The molecule has 0 radical (unpaired) electrons. The van der Waals surface area contributed by atoms with Crippen molar-refractivity contribution in [2.45, 2.75) is 13.0 Å². The number of carbonyl (C=O) groups excluding carboxylic acids is 2. The van der Waals surface area contributed by atoms with E-state index >= 15 is 0 Å². The number of hydrogen-bond acceptors (Lipinski definition) is 5. The molecule has 1 aromatic heterocycles. The second kappa shape index (κ2) is 8.55. The van der Waals surface area contributed by atoms with Crippen LogP contribution in [0.5, 0.6) is 5.75 Å². The summed E-state index contributed by atoms with van der Waals surface area (Å²) in [6.07, 6.45) is 0.298. The summed E-state index contributed by atoms with van der Waals surface area (Å²) in [4.78, 5) is 44.5. The van der Waals surface area contributed by atoms with Crippen LogP contribution in [0.25, 0.3) is 0 Å². The Bertz CT molecular complexity index is 1160. The van der Waals surface area contributed by atoms with Crippen molar-refractivity contribution in [1.29, 1.82) is 0 Å². The number of likely N-dealkylation sites (N-methyl/N-ethyl adjacent to an activating group) is 1. The zero-order chi connectivity index (χ0) is 23.2. The fourth-order valence-corrected chi connectivity index (χ4v) is 4.46. The number of carbonyl (C=O) groups is 2. The number of hydrogen-bond donors (Lipinski definition) is 1. The van der Waals surface area contributed by atoms with Crippen molar-refractivity contribution in [1.82, 2.24) is 19.3 Å². The SMILES string of the molecule is CN1CCN(C(=O)c2c3c(c(O)c(=O)n2C)C(=O)N(Cc2ccc(F)c(Cl)c2)CC3)CC1. The van der Waals surface area contributed by atoms with Gasteiger partial charge in [-0.1, -0.05) is 17.7 Å².